The number of aromatic amines is 1. The van der Waals surface area contributed by atoms with Gasteiger partial charge in [-0.2, -0.15) is 0 Å². The first-order chi connectivity index (χ1) is 18.9. The van der Waals surface area contributed by atoms with Crippen LogP contribution in [0.4, 0.5) is 10.5 Å². The third kappa shape index (κ3) is 4.20. The normalized spacial score (nSPS) is 18.2. The van der Waals surface area contributed by atoms with Crippen LogP contribution in [0, 0.1) is 13.8 Å². The minimum absolute atomic E-state index is 0.0345. The summed E-state index contributed by atoms with van der Waals surface area (Å²) in [4.78, 5) is 21.0. The number of carbonyl (C=O) groups excluding carboxylic acids is 1. The summed E-state index contributed by atoms with van der Waals surface area (Å²) in [7, 11) is 3.31. The van der Waals surface area contributed by atoms with Gasteiger partial charge in [-0.05, 0) is 49.2 Å². The van der Waals surface area contributed by atoms with E-state index in [1.807, 2.05) is 42.2 Å². The average Bonchev–Trinajstić information content (AvgIpc) is 3.46. The number of ether oxygens (including phenoxy) is 2. The van der Waals surface area contributed by atoms with Crippen LogP contribution in [0.3, 0.4) is 0 Å². The number of hydrogen-bond donors (Lipinski definition) is 3. The fourth-order valence-corrected chi connectivity index (χ4v) is 6.22. The lowest BCUT2D eigenvalue weighted by atomic mass is 9.68. The second-order valence-corrected chi connectivity index (χ2v) is 10.5. The van der Waals surface area contributed by atoms with Crippen molar-refractivity contribution >= 4 is 22.6 Å². The van der Waals surface area contributed by atoms with E-state index in [2.05, 4.69) is 32.5 Å². The van der Waals surface area contributed by atoms with Crippen LogP contribution >= 0.6 is 0 Å². The molecule has 2 aromatic carbocycles. The van der Waals surface area contributed by atoms with Gasteiger partial charge >= 0.3 is 6.03 Å². The van der Waals surface area contributed by atoms with Crippen LogP contribution in [-0.4, -0.2) is 71.5 Å². The van der Waals surface area contributed by atoms with E-state index in [9.17, 15) is 9.90 Å². The summed E-state index contributed by atoms with van der Waals surface area (Å²) in [5.74, 6) is 2.14. The summed E-state index contributed by atoms with van der Waals surface area (Å²) in [6, 6.07) is 13.6. The maximum absolute atomic E-state index is 13.2. The minimum atomic E-state index is -0.303. The van der Waals surface area contributed by atoms with Crippen molar-refractivity contribution in [2.24, 2.45) is 0 Å². The van der Waals surface area contributed by atoms with Crippen molar-refractivity contribution in [2.75, 3.05) is 45.8 Å². The lowest BCUT2D eigenvalue weighted by Crippen LogP contribution is -2.68. The summed E-state index contributed by atoms with van der Waals surface area (Å²) in [6.45, 7) is 5.97. The van der Waals surface area contributed by atoms with Crippen molar-refractivity contribution < 1.29 is 23.9 Å². The first-order valence-electron chi connectivity index (χ1n) is 13.0. The van der Waals surface area contributed by atoms with Crippen LogP contribution < -0.4 is 14.8 Å². The average molecular weight is 532 g/mol. The molecule has 2 aromatic heterocycles. The van der Waals surface area contributed by atoms with Crippen LogP contribution in [0.5, 0.6) is 11.5 Å². The predicted octanol–water partition coefficient (Wildman–Crippen LogP) is 4.12. The number of rotatable bonds is 6. The molecule has 0 radical (unpaired) electrons. The molecule has 1 saturated heterocycles. The molecule has 0 saturated carbocycles. The highest BCUT2D eigenvalue weighted by Gasteiger charge is 2.54. The maximum Gasteiger partial charge on any atom is 0.322 e. The van der Waals surface area contributed by atoms with Crippen molar-refractivity contribution in [3.05, 3.63) is 70.7 Å². The molecular weight excluding hydrogens is 498 g/mol. The van der Waals surface area contributed by atoms with Gasteiger partial charge in [0.15, 0.2) is 5.76 Å². The molecule has 2 aliphatic rings. The largest absolute Gasteiger partial charge is 0.497 e. The molecule has 39 heavy (non-hydrogen) atoms. The summed E-state index contributed by atoms with van der Waals surface area (Å²) < 4.78 is 16.1. The summed E-state index contributed by atoms with van der Waals surface area (Å²) in [5, 5.41) is 18.6. The Balaban J connectivity index is 1.36. The Kier molecular flexibility index (Phi) is 6.23. The molecule has 4 heterocycles. The Hall–Kier alpha value is -4.02. The number of hydrogen-bond acceptors (Lipinski definition) is 7. The minimum Gasteiger partial charge on any atom is -0.497 e. The highest BCUT2D eigenvalue weighted by atomic mass is 16.5. The van der Waals surface area contributed by atoms with Gasteiger partial charge in [0, 0.05) is 54.3 Å². The summed E-state index contributed by atoms with van der Waals surface area (Å²) in [6.07, 6.45) is 0. The number of amides is 2. The van der Waals surface area contributed by atoms with E-state index in [1.54, 1.807) is 21.1 Å². The predicted molar refractivity (Wildman–Crippen MR) is 146 cm³/mol. The van der Waals surface area contributed by atoms with Gasteiger partial charge in [0.1, 0.15) is 22.9 Å². The Morgan fingerprint density at radius 2 is 1.92 bits per heavy atom. The van der Waals surface area contributed by atoms with E-state index in [1.165, 1.54) is 5.56 Å². The number of likely N-dealkylation sites (tertiary alicyclic amines) is 1. The monoisotopic (exact) mass is 531 g/mol. The molecular formula is C29H33N5O5. The number of H-pyrrole nitrogens is 1. The SMILES string of the molecule is COc1cccc(CN2CC3(CN(C(=O)Nc4c(C)noc4C)C3)c3c([nH]c4cc(OC)ccc34)[C@H]2CO)c1. The quantitative estimate of drug-likeness (QED) is 0.343. The number of methoxy groups -OCH3 is 2. The van der Waals surface area contributed by atoms with Gasteiger partial charge in [0.05, 0.1) is 26.9 Å². The molecule has 1 atom stereocenters. The molecule has 0 unspecified atom stereocenters. The fraction of sp³-hybridized carbons (Fsp3) is 0.379. The first kappa shape index (κ1) is 25.3. The van der Waals surface area contributed by atoms with E-state index < -0.39 is 0 Å². The zero-order valence-corrected chi connectivity index (χ0v) is 22.6. The van der Waals surface area contributed by atoms with Crippen molar-refractivity contribution in [3.8, 4) is 11.5 Å². The molecule has 1 fully saturated rings. The molecule has 2 amide bonds. The topological polar surface area (TPSA) is 116 Å². The maximum atomic E-state index is 13.2. The zero-order chi connectivity index (χ0) is 27.3. The number of aliphatic hydroxyl groups is 1. The smallest absolute Gasteiger partial charge is 0.322 e. The van der Waals surface area contributed by atoms with Crippen LogP contribution in [0.2, 0.25) is 0 Å². The first-order valence-corrected chi connectivity index (χ1v) is 13.0. The van der Waals surface area contributed by atoms with Gasteiger partial charge in [0.25, 0.3) is 0 Å². The van der Waals surface area contributed by atoms with Gasteiger partial charge < -0.3 is 34.3 Å². The molecule has 1 spiro atoms. The molecule has 2 aliphatic heterocycles. The molecule has 0 aliphatic carbocycles. The number of fused-ring (bicyclic) bond motifs is 4. The molecule has 0 bridgehead atoms. The third-order valence-corrected chi connectivity index (χ3v) is 8.08. The molecule has 204 valence electrons. The number of aryl methyl sites for hydroxylation is 2. The Labute approximate surface area is 226 Å². The van der Waals surface area contributed by atoms with Crippen molar-refractivity contribution in [1.82, 2.24) is 19.9 Å². The molecule has 3 N–H and O–H groups in total. The Bertz CT molecular complexity index is 1520. The van der Waals surface area contributed by atoms with Gasteiger partial charge in [-0.3, -0.25) is 4.90 Å². The fourth-order valence-electron chi connectivity index (χ4n) is 6.22. The number of carbonyl (C=O) groups is 1. The lowest BCUT2D eigenvalue weighted by Gasteiger charge is -2.56. The number of benzene rings is 2. The summed E-state index contributed by atoms with van der Waals surface area (Å²) >= 11 is 0. The van der Waals surface area contributed by atoms with Crippen molar-refractivity contribution in [1.29, 1.82) is 0 Å². The number of nitrogens with zero attached hydrogens (tertiary/aromatic N) is 3. The Morgan fingerprint density at radius 1 is 1.15 bits per heavy atom. The Morgan fingerprint density at radius 3 is 2.62 bits per heavy atom. The van der Waals surface area contributed by atoms with E-state index >= 15 is 0 Å². The third-order valence-electron chi connectivity index (χ3n) is 8.08. The van der Waals surface area contributed by atoms with Crippen molar-refractivity contribution in [3.63, 3.8) is 0 Å². The number of aliphatic hydroxyl groups excluding tert-OH is 1. The second kappa shape index (κ2) is 9.62. The van der Waals surface area contributed by atoms with Gasteiger partial charge in [-0.15, -0.1) is 0 Å². The number of urea groups is 1. The van der Waals surface area contributed by atoms with E-state index in [-0.39, 0.29) is 24.1 Å². The van der Waals surface area contributed by atoms with Crippen LogP contribution in [0.15, 0.2) is 47.0 Å². The van der Waals surface area contributed by atoms with Crippen LogP contribution in [0.1, 0.15) is 34.3 Å². The highest BCUT2D eigenvalue weighted by molar-refractivity contribution is 5.93. The van der Waals surface area contributed by atoms with Crippen molar-refractivity contribution in [2.45, 2.75) is 31.8 Å². The molecule has 10 heteroatoms. The van der Waals surface area contributed by atoms with E-state index in [0.29, 0.717) is 43.3 Å². The van der Waals surface area contributed by atoms with E-state index in [4.69, 9.17) is 14.0 Å². The molecule has 10 nitrogen and oxygen atoms in total. The standard InChI is InChI=1S/C29H33N5O5/c1-17-26(18(2)39-32-17)31-28(36)34-15-29(16-34)14-33(12-19-6-5-7-20(10-19)37-3)24(13-35)27-25(29)22-9-8-21(38-4)11-23(22)30-27/h5-11,24,30,35H,12-16H2,1-4H3,(H,31,36)/t24-/m1/s1. The highest BCUT2D eigenvalue weighted by Crippen LogP contribution is 2.49. The van der Waals surface area contributed by atoms with Crippen LogP contribution in [-0.2, 0) is 12.0 Å². The van der Waals surface area contributed by atoms with E-state index in [0.717, 1.165) is 33.7 Å². The van der Waals surface area contributed by atoms with Crippen LogP contribution in [0.25, 0.3) is 10.9 Å². The second-order valence-electron chi connectivity index (χ2n) is 10.5. The lowest BCUT2D eigenvalue weighted by molar-refractivity contribution is 0.0124. The van der Waals surface area contributed by atoms with Gasteiger partial charge in [-0.25, -0.2) is 4.79 Å². The summed E-state index contributed by atoms with van der Waals surface area (Å²) in [5.41, 5.74) is 5.17. The zero-order valence-electron chi connectivity index (χ0n) is 22.6. The van der Waals surface area contributed by atoms with Gasteiger partial charge in [-0.1, -0.05) is 17.3 Å². The molecule has 6 rings (SSSR count). The number of aromatic nitrogens is 2. The van der Waals surface area contributed by atoms with Gasteiger partial charge in [0.2, 0.25) is 0 Å². The molecule has 4 aromatic rings. The number of nitrogens with one attached hydrogen (secondary N) is 2. The number of anilines is 1.